The van der Waals surface area contributed by atoms with Crippen molar-refractivity contribution in [3.05, 3.63) is 0 Å². The summed E-state index contributed by atoms with van der Waals surface area (Å²) < 4.78 is 10.5. The van der Waals surface area contributed by atoms with E-state index in [2.05, 4.69) is 11.8 Å². The van der Waals surface area contributed by atoms with Gasteiger partial charge >= 0.3 is 0 Å². The van der Waals surface area contributed by atoms with Crippen LogP contribution in [-0.4, -0.2) is 30.7 Å². The summed E-state index contributed by atoms with van der Waals surface area (Å²) in [6.07, 6.45) is 0.166. The van der Waals surface area contributed by atoms with Crippen LogP contribution in [0, 0.1) is 11.8 Å². The molecule has 0 aromatic heterocycles. The highest BCUT2D eigenvalue weighted by atomic mass is 16.7. The maximum Gasteiger partial charge on any atom is 0.183 e. The van der Waals surface area contributed by atoms with Crippen LogP contribution in [0.4, 0.5) is 0 Å². The van der Waals surface area contributed by atoms with Crippen LogP contribution in [0.25, 0.3) is 0 Å². The second-order valence-corrected chi connectivity index (χ2v) is 2.81. The first kappa shape index (κ1) is 13.4. The Morgan fingerprint density at radius 2 is 1.79 bits per heavy atom. The third-order valence-corrected chi connectivity index (χ3v) is 1.72. The Morgan fingerprint density at radius 3 is 2.21 bits per heavy atom. The van der Waals surface area contributed by atoms with Gasteiger partial charge in [0.2, 0.25) is 0 Å². The minimum Gasteiger partial charge on any atom is -0.388 e. The molecule has 0 bridgehead atoms. The lowest BCUT2D eigenvalue weighted by Gasteiger charge is -2.21. The fraction of sp³-hybridized carbons (Fsp3) is 0.818. The molecule has 0 aromatic rings. The number of aliphatic hydroxyl groups excluding tert-OH is 1. The fourth-order valence-corrected chi connectivity index (χ4v) is 1.08. The predicted octanol–water partition coefficient (Wildman–Crippen LogP) is 1.55. The zero-order chi connectivity index (χ0) is 10.8. The standard InChI is InChI=1S/C11H20O3/c1-4-7-8-9-10(12)11(13-5-2)14-6-3/h10-12H,5-6,8-9H2,1-3H3. The highest BCUT2D eigenvalue weighted by Gasteiger charge is 2.18. The third kappa shape index (κ3) is 5.98. The van der Waals surface area contributed by atoms with Gasteiger partial charge in [-0.1, -0.05) is 0 Å². The molecule has 0 radical (unpaired) electrons. The van der Waals surface area contributed by atoms with E-state index in [9.17, 15) is 5.11 Å². The average Bonchev–Trinajstić information content (AvgIpc) is 2.18. The molecule has 0 saturated carbocycles. The molecule has 3 heteroatoms. The van der Waals surface area contributed by atoms with Crippen molar-refractivity contribution in [2.24, 2.45) is 0 Å². The lowest BCUT2D eigenvalue weighted by atomic mass is 10.2. The van der Waals surface area contributed by atoms with Crippen molar-refractivity contribution < 1.29 is 14.6 Å². The summed E-state index contributed by atoms with van der Waals surface area (Å²) in [6, 6.07) is 0. The highest BCUT2D eigenvalue weighted by molar-refractivity contribution is 4.95. The quantitative estimate of drug-likeness (QED) is 0.500. The molecule has 1 atom stereocenters. The smallest absolute Gasteiger partial charge is 0.183 e. The summed E-state index contributed by atoms with van der Waals surface area (Å²) in [5, 5.41) is 9.68. The van der Waals surface area contributed by atoms with E-state index in [1.165, 1.54) is 0 Å². The first-order valence-electron chi connectivity index (χ1n) is 5.07. The van der Waals surface area contributed by atoms with Gasteiger partial charge in [-0.15, -0.1) is 11.8 Å². The molecular formula is C11H20O3. The molecule has 0 heterocycles. The van der Waals surface area contributed by atoms with Gasteiger partial charge in [-0.2, -0.15) is 0 Å². The molecule has 0 saturated heterocycles. The van der Waals surface area contributed by atoms with Crippen LogP contribution >= 0.6 is 0 Å². The Hall–Kier alpha value is -0.560. The van der Waals surface area contributed by atoms with Crippen molar-refractivity contribution in [3.63, 3.8) is 0 Å². The molecule has 82 valence electrons. The van der Waals surface area contributed by atoms with E-state index < -0.39 is 12.4 Å². The van der Waals surface area contributed by atoms with Crippen LogP contribution in [0.3, 0.4) is 0 Å². The summed E-state index contributed by atoms with van der Waals surface area (Å²) in [6.45, 7) is 6.63. The first-order chi connectivity index (χ1) is 6.76. The molecule has 0 rings (SSSR count). The molecule has 0 amide bonds. The van der Waals surface area contributed by atoms with Crippen LogP contribution in [0.5, 0.6) is 0 Å². The van der Waals surface area contributed by atoms with E-state index in [-0.39, 0.29) is 0 Å². The first-order valence-corrected chi connectivity index (χ1v) is 5.07. The van der Waals surface area contributed by atoms with E-state index in [1.807, 2.05) is 13.8 Å². The number of hydrogen-bond donors (Lipinski definition) is 1. The highest BCUT2D eigenvalue weighted by Crippen LogP contribution is 2.07. The van der Waals surface area contributed by atoms with Gasteiger partial charge in [0.1, 0.15) is 6.10 Å². The molecule has 1 N–H and O–H groups in total. The van der Waals surface area contributed by atoms with Gasteiger partial charge in [0.15, 0.2) is 6.29 Å². The van der Waals surface area contributed by atoms with Crippen molar-refractivity contribution in [2.75, 3.05) is 13.2 Å². The van der Waals surface area contributed by atoms with E-state index in [0.29, 0.717) is 26.1 Å². The van der Waals surface area contributed by atoms with Gasteiger partial charge in [-0.05, 0) is 27.2 Å². The van der Waals surface area contributed by atoms with E-state index in [0.717, 1.165) is 0 Å². The molecule has 0 aliphatic rings. The number of aliphatic hydroxyl groups is 1. The predicted molar refractivity (Wildman–Crippen MR) is 55.7 cm³/mol. The van der Waals surface area contributed by atoms with E-state index >= 15 is 0 Å². The second kappa shape index (κ2) is 9.01. The summed E-state index contributed by atoms with van der Waals surface area (Å²) >= 11 is 0. The van der Waals surface area contributed by atoms with E-state index in [4.69, 9.17) is 9.47 Å². The minimum absolute atomic E-state index is 0.511. The summed E-state index contributed by atoms with van der Waals surface area (Å²) in [4.78, 5) is 0. The van der Waals surface area contributed by atoms with Gasteiger partial charge in [0, 0.05) is 19.6 Å². The Morgan fingerprint density at radius 1 is 1.21 bits per heavy atom. The average molecular weight is 200 g/mol. The maximum absolute atomic E-state index is 9.68. The van der Waals surface area contributed by atoms with Crippen LogP contribution in [0.1, 0.15) is 33.6 Å². The topological polar surface area (TPSA) is 38.7 Å². The monoisotopic (exact) mass is 200 g/mol. The zero-order valence-electron chi connectivity index (χ0n) is 9.25. The lowest BCUT2D eigenvalue weighted by Crippen LogP contribution is -2.31. The minimum atomic E-state index is -0.587. The molecular weight excluding hydrogens is 180 g/mol. The van der Waals surface area contributed by atoms with Gasteiger partial charge in [0.25, 0.3) is 0 Å². The summed E-state index contributed by atoms with van der Waals surface area (Å²) in [7, 11) is 0. The van der Waals surface area contributed by atoms with Gasteiger partial charge in [-0.3, -0.25) is 0 Å². The molecule has 0 aromatic carbocycles. The zero-order valence-corrected chi connectivity index (χ0v) is 9.25. The van der Waals surface area contributed by atoms with Gasteiger partial charge in [0.05, 0.1) is 0 Å². The number of hydrogen-bond acceptors (Lipinski definition) is 3. The van der Waals surface area contributed by atoms with Crippen molar-refractivity contribution in [1.29, 1.82) is 0 Å². The van der Waals surface area contributed by atoms with Crippen LogP contribution < -0.4 is 0 Å². The molecule has 1 unspecified atom stereocenters. The van der Waals surface area contributed by atoms with Crippen molar-refractivity contribution in [2.45, 2.75) is 46.0 Å². The molecule has 0 fully saturated rings. The SMILES string of the molecule is CC#CCCC(O)C(OCC)OCC. The third-order valence-electron chi connectivity index (χ3n) is 1.72. The second-order valence-electron chi connectivity index (χ2n) is 2.81. The Balaban J connectivity index is 3.84. The van der Waals surface area contributed by atoms with Crippen molar-refractivity contribution >= 4 is 0 Å². The Kier molecular flexibility index (Phi) is 8.65. The Labute approximate surface area is 86.4 Å². The Bertz CT molecular complexity index is 175. The van der Waals surface area contributed by atoms with Crippen LogP contribution in [-0.2, 0) is 9.47 Å². The summed E-state index contributed by atoms with van der Waals surface area (Å²) in [5.74, 6) is 5.68. The van der Waals surface area contributed by atoms with Crippen LogP contribution in [0.15, 0.2) is 0 Å². The molecule has 0 aliphatic heterocycles. The van der Waals surface area contributed by atoms with Gasteiger partial charge in [-0.25, -0.2) is 0 Å². The molecule has 14 heavy (non-hydrogen) atoms. The van der Waals surface area contributed by atoms with Crippen LogP contribution in [0.2, 0.25) is 0 Å². The number of ether oxygens (including phenoxy) is 2. The normalized spacial score (nSPS) is 12.4. The van der Waals surface area contributed by atoms with E-state index in [1.54, 1.807) is 6.92 Å². The van der Waals surface area contributed by atoms with Gasteiger partial charge < -0.3 is 14.6 Å². The number of rotatable bonds is 7. The largest absolute Gasteiger partial charge is 0.388 e. The lowest BCUT2D eigenvalue weighted by molar-refractivity contribution is -0.190. The molecule has 3 nitrogen and oxygen atoms in total. The van der Waals surface area contributed by atoms with Crippen molar-refractivity contribution in [1.82, 2.24) is 0 Å². The maximum atomic E-state index is 9.68. The summed E-state index contributed by atoms with van der Waals surface area (Å²) in [5.41, 5.74) is 0. The fourth-order valence-electron chi connectivity index (χ4n) is 1.08. The molecule has 0 spiro atoms. The van der Waals surface area contributed by atoms with Crippen molar-refractivity contribution in [3.8, 4) is 11.8 Å². The molecule has 0 aliphatic carbocycles.